The lowest BCUT2D eigenvalue weighted by Gasteiger charge is -2.06. The maximum Gasteiger partial charge on any atom is 0.118 e. The van der Waals surface area contributed by atoms with Gasteiger partial charge >= 0.3 is 0 Å². The van der Waals surface area contributed by atoms with Gasteiger partial charge in [0, 0.05) is 22.0 Å². The number of rotatable bonds is 3. The summed E-state index contributed by atoms with van der Waals surface area (Å²) >= 11 is 0. The van der Waals surface area contributed by atoms with Gasteiger partial charge in [-0.3, -0.25) is 0 Å². The number of nitrogens with one attached hydrogen (secondary N) is 1. The molecule has 0 saturated heterocycles. The van der Waals surface area contributed by atoms with E-state index >= 15 is 0 Å². The predicted molar refractivity (Wildman–Crippen MR) is 110 cm³/mol. The Morgan fingerprint density at radius 1 is 0.667 bits per heavy atom. The molecule has 2 aromatic heterocycles. The highest BCUT2D eigenvalue weighted by molar-refractivity contribution is 5.97. The highest BCUT2D eigenvalue weighted by atomic mass is 15.1. The van der Waals surface area contributed by atoms with Crippen LogP contribution in [0.4, 0.5) is 0 Å². The molecule has 0 aliphatic heterocycles. The van der Waals surface area contributed by atoms with Crippen molar-refractivity contribution in [2.45, 2.75) is 0 Å². The molecule has 5 aromatic rings. The minimum absolute atomic E-state index is 0.870. The van der Waals surface area contributed by atoms with Crippen LogP contribution in [0.25, 0.3) is 44.5 Å². The van der Waals surface area contributed by atoms with Crippen molar-refractivity contribution in [3.8, 4) is 33.8 Å². The van der Waals surface area contributed by atoms with E-state index in [0.29, 0.717) is 0 Å². The van der Waals surface area contributed by atoms with Crippen LogP contribution in [0.2, 0.25) is 0 Å². The molecule has 2 heterocycles. The SMILES string of the molecule is c1ccc(-c2cc(-c3ccccc3)c(-c3nncc4ccccc34)[nH]2)cc1. The van der Waals surface area contributed by atoms with Crippen LogP contribution in [0.5, 0.6) is 0 Å². The van der Waals surface area contributed by atoms with Crippen LogP contribution in [0.15, 0.2) is 97.2 Å². The number of nitrogens with zero attached hydrogens (tertiary/aromatic N) is 2. The molecule has 1 N–H and O–H groups in total. The second kappa shape index (κ2) is 6.54. The zero-order valence-corrected chi connectivity index (χ0v) is 14.6. The maximum atomic E-state index is 4.49. The fourth-order valence-corrected chi connectivity index (χ4v) is 3.47. The van der Waals surface area contributed by atoms with E-state index in [2.05, 4.69) is 81.9 Å². The summed E-state index contributed by atoms with van der Waals surface area (Å²) in [6, 6.07) is 31.2. The lowest BCUT2D eigenvalue weighted by atomic mass is 10.0. The molecule has 3 heteroatoms. The van der Waals surface area contributed by atoms with Crippen molar-refractivity contribution in [2.75, 3.05) is 0 Å². The molecule has 0 saturated carbocycles. The van der Waals surface area contributed by atoms with Crippen molar-refractivity contribution in [1.29, 1.82) is 0 Å². The van der Waals surface area contributed by atoms with E-state index in [0.717, 1.165) is 44.5 Å². The van der Waals surface area contributed by atoms with Gasteiger partial charge < -0.3 is 4.98 Å². The molecule has 27 heavy (non-hydrogen) atoms. The molecule has 128 valence electrons. The number of aromatic nitrogens is 3. The second-order valence-electron chi connectivity index (χ2n) is 6.48. The highest BCUT2D eigenvalue weighted by Gasteiger charge is 2.16. The summed E-state index contributed by atoms with van der Waals surface area (Å²) in [5.74, 6) is 0. The third kappa shape index (κ3) is 2.79. The molecular weight excluding hydrogens is 330 g/mol. The number of hydrogen-bond acceptors (Lipinski definition) is 2. The first kappa shape index (κ1) is 15.5. The Balaban J connectivity index is 1.79. The maximum absolute atomic E-state index is 4.49. The summed E-state index contributed by atoms with van der Waals surface area (Å²) in [6.07, 6.45) is 1.81. The number of aromatic amines is 1. The molecule has 5 rings (SSSR count). The number of H-pyrrole nitrogens is 1. The van der Waals surface area contributed by atoms with Crippen LogP contribution in [0.3, 0.4) is 0 Å². The molecule has 3 aromatic carbocycles. The van der Waals surface area contributed by atoms with Crippen LogP contribution in [0, 0.1) is 0 Å². The van der Waals surface area contributed by atoms with E-state index < -0.39 is 0 Å². The lowest BCUT2D eigenvalue weighted by molar-refractivity contribution is 1.05. The normalized spacial score (nSPS) is 11.0. The molecular formula is C24H17N3. The Morgan fingerprint density at radius 3 is 2.11 bits per heavy atom. The Kier molecular flexibility index (Phi) is 3.76. The fourth-order valence-electron chi connectivity index (χ4n) is 3.47. The summed E-state index contributed by atoms with van der Waals surface area (Å²) in [6.45, 7) is 0. The van der Waals surface area contributed by atoms with Gasteiger partial charge in [0.05, 0.1) is 11.9 Å². The molecule has 0 aliphatic rings. The Morgan fingerprint density at radius 2 is 1.33 bits per heavy atom. The molecule has 0 bridgehead atoms. The topological polar surface area (TPSA) is 41.6 Å². The molecule has 3 nitrogen and oxygen atoms in total. The zero-order chi connectivity index (χ0) is 18.1. The van der Waals surface area contributed by atoms with E-state index in [4.69, 9.17) is 0 Å². The van der Waals surface area contributed by atoms with E-state index in [9.17, 15) is 0 Å². The van der Waals surface area contributed by atoms with Crippen molar-refractivity contribution in [3.63, 3.8) is 0 Å². The minimum atomic E-state index is 0.870. The molecule has 0 unspecified atom stereocenters. The van der Waals surface area contributed by atoms with E-state index in [1.165, 1.54) is 0 Å². The van der Waals surface area contributed by atoms with Gasteiger partial charge in [0.15, 0.2) is 0 Å². The minimum Gasteiger partial charge on any atom is -0.353 e. The molecule has 0 amide bonds. The number of hydrogen-bond donors (Lipinski definition) is 1. The van der Waals surface area contributed by atoms with Crippen LogP contribution < -0.4 is 0 Å². The molecule has 0 aliphatic carbocycles. The van der Waals surface area contributed by atoms with Crippen molar-refractivity contribution in [3.05, 3.63) is 97.2 Å². The van der Waals surface area contributed by atoms with Gasteiger partial charge in [-0.05, 0) is 17.2 Å². The Bertz CT molecular complexity index is 1200. The summed E-state index contributed by atoms with van der Waals surface area (Å²) in [4.78, 5) is 3.60. The van der Waals surface area contributed by atoms with Crippen molar-refractivity contribution in [2.24, 2.45) is 0 Å². The Hall–Kier alpha value is -3.72. The van der Waals surface area contributed by atoms with E-state index in [-0.39, 0.29) is 0 Å². The monoisotopic (exact) mass is 347 g/mol. The lowest BCUT2D eigenvalue weighted by Crippen LogP contribution is -1.91. The first-order valence-electron chi connectivity index (χ1n) is 8.95. The smallest absolute Gasteiger partial charge is 0.118 e. The van der Waals surface area contributed by atoms with Gasteiger partial charge in [0.1, 0.15) is 5.69 Å². The van der Waals surface area contributed by atoms with E-state index in [1.54, 1.807) is 0 Å². The van der Waals surface area contributed by atoms with Crippen molar-refractivity contribution >= 4 is 10.8 Å². The van der Waals surface area contributed by atoms with Crippen LogP contribution >= 0.6 is 0 Å². The highest BCUT2D eigenvalue weighted by Crippen LogP contribution is 2.37. The van der Waals surface area contributed by atoms with Crippen molar-refractivity contribution < 1.29 is 0 Å². The fraction of sp³-hybridized carbons (Fsp3) is 0. The first-order chi connectivity index (χ1) is 13.4. The third-order valence-electron chi connectivity index (χ3n) is 4.79. The quantitative estimate of drug-likeness (QED) is 0.437. The molecule has 0 radical (unpaired) electrons. The molecule has 0 atom stereocenters. The summed E-state index contributed by atoms with van der Waals surface area (Å²) in [7, 11) is 0. The van der Waals surface area contributed by atoms with Crippen LogP contribution in [0.1, 0.15) is 0 Å². The first-order valence-corrected chi connectivity index (χ1v) is 8.95. The average molecular weight is 347 g/mol. The number of benzene rings is 3. The second-order valence-corrected chi connectivity index (χ2v) is 6.48. The summed E-state index contributed by atoms with van der Waals surface area (Å²) < 4.78 is 0. The van der Waals surface area contributed by atoms with Gasteiger partial charge in [0.2, 0.25) is 0 Å². The predicted octanol–water partition coefficient (Wildman–Crippen LogP) is 5.96. The standard InChI is InChI=1S/C24H17N3/c1-3-9-17(10-4-1)21-15-22(18-11-5-2-6-12-18)26-23(21)24-20-14-8-7-13-19(20)16-25-27-24/h1-16,26H. The van der Waals surface area contributed by atoms with Crippen molar-refractivity contribution in [1.82, 2.24) is 15.2 Å². The van der Waals surface area contributed by atoms with Crippen LogP contribution in [-0.4, -0.2) is 15.2 Å². The van der Waals surface area contributed by atoms with Gasteiger partial charge in [-0.1, -0.05) is 84.9 Å². The number of fused-ring (bicyclic) bond motifs is 1. The van der Waals surface area contributed by atoms with E-state index in [1.807, 2.05) is 30.5 Å². The zero-order valence-electron chi connectivity index (χ0n) is 14.6. The van der Waals surface area contributed by atoms with Gasteiger partial charge in [-0.25, -0.2) is 0 Å². The van der Waals surface area contributed by atoms with Crippen LogP contribution in [-0.2, 0) is 0 Å². The Labute approximate surface area is 157 Å². The summed E-state index contributed by atoms with van der Waals surface area (Å²) in [5, 5.41) is 10.9. The largest absolute Gasteiger partial charge is 0.353 e. The van der Waals surface area contributed by atoms with Gasteiger partial charge in [-0.15, -0.1) is 5.10 Å². The molecule has 0 spiro atoms. The van der Waals surface area contributed by atoms with Gasteiger partial charge in [-0.2, -0.15) is 5.10 Å². The molecule has 0 fully saturated rings. The average Bonchev–Trinajstić information content (AvgIpc) is 3.20. The van der Waals surface area contributed by atoms with Gasteiger partial charge in [0.25, 0.3) is 0 Å². The summed E-state index contributed by atoms with van der Waals surface area (Å²) in [5.41, 5.74) is 6.35. The third-order valence-corrected chi connectivity index (χ3v) is 4.79.